The first-order valence-corrected chi connectivity index (χ1v) is 11.9. The number of halogens is 2. The molecule has 1 N–H and O–H groups in total. The molecule has 0 spiro atoms. The largest absolute Gasteiger partial charge is 0.350 e. The van der Waals surface area contributed by atoms with Crippen LogP contribution in [-0.2, 0) is 6.54 Å². The van der Waals surface area contributed by atoms with E-state index in [1.807, 2.05) is 13.0 Å². The number of hydrogen-bond acceptors (Lipinski definition) is 4. The second-order valence-corrected chi connectivity index (χ2v) is 9.17. The fraction of sp³-hybridized carbons (Fsp3) is 0.520. The number of anilines is 1. The quantitative estimate of drug-likeness (QED) is 0.715. The third-order valence-electron chi connectivity index (χ3n) is 6.76. The van der Waals surface area contributed by atoms with E-state index in [2.05, 4.69) is 39.5 Å². The minimum atomic E-state index is -0.691. The predicted octanol–water partition coefficient (Wildman–Crippen LogP) is 3.88. The first-order valence-electron chi connectivity index (χ1n) is 11.9. The molecule has 0 radical (unpaired) electrons. The molecule has 0 aliphatic carbocycles. The average Bonchev–Trinajstić information content (AvgIpc) is 2.81. The molecule has 1 aromatic heterocycles. The van der Waals surface area contributed by atoms with Crippen LogP contribution < -0.4 is 10.2 Å². The lowest BCUT2D eigenvalue weighted by molar-refractivity contribution is 0.162. The Labute approximate surface area is 194 Å². The molecular formula is C25H33F2N5O. The number of carbonyl (C=O) groups excluding carboxylic acids is 1. The standard InChI is InChI=1S/C25H33F2N5O/c1-19-17-31(24-23(27)15-22(26)16-29-24)13-14-32(19)25(33)28-10-7-20-8-11-30(12-9-20)18-21-5-3-2-4-6-21/h2-6,15-16,19-20H,7-14,17-18H2,1H3,(H,28,33)/t19-/m1/s1. The molecule has 3 heterocycles. The van der Waals surface area contributed by atoms with Crippen LogP contribution in [0.15, 0.2) is 42.6 Å². The van der Waals surface area contributed by atoms with E-state index in [-0.39, 0.29) is 17.9 Å². The zero-order valence-corrected chi connectivity index (χ0v) is 19.2. The number of benzene rings is 1. The van der Waals surface area contributed by atoms with Crippen LogP contribution in [0.2, 0.25) is 0 Å². The van der Waals surface area contributed by atoms with Crippen molar-refractivity contribution in [2.75, 3.05) is 44.2 Å². The molecule has 1 atom stereocenters. The van der Waals surface area contributed by atoms with Gasteiger partial charge in [-0.3, -0.25) is 4.90 Å². The molecule has 8 heteroatoms. The maximum Gasteiger partial charge on any atom is 0.317 e. The SMILES string of the molecule is C[C@@H]1CN(c2ncc(F)cc2F)CCN1C(=O)NCCC1CCN(Cc2ccccc2)CC1. The van der Waals surface area contributed by atoms with Crippen molar-refractivity contribution in [2.24, 2.45) is 5.92 Å². The number of rotatable bonds is 6. The highest BCUT2D eigenvalue weighted by Crippen LogP contribution is 2.23. The van der Waals surface area contributed by atoms with Crippen LogP contribution in [0.5, 0.6) is 0 Å². The van der Waals surface area contributed by atoms with Crippen LogP contribution in [0, 0.1) is 17.6 Å². The van der Waals surface area contributed by atoms with E-state index in [0.717, 1.165) is 51.2 Å². The van der Waals surface area contributed by atoms with E-state index < -0.39 is 11.6 Å². The lowest BCUT2D eigenvalue weighted by Crippen LogP contribution is -2.57. The number of amides is 2. The first kappa shape index (κ1) is 23.4. The molecule has 0 saturated carbocycles. The number of piperidine rings is 1. The summed E-state index contributed by atoms with van der Waals surface area (Å²) in [5, 5.41) is 3.07. The maximum absolute atomic E-state index is 14.1. The number of nitrogens with one attached hydrogen (secondary N) is 1. The molecule has 178 valence electrons. The molecule has 4 rings (SSSR count). The Balaban J connectivity index is 1.16. The van der Waals surface area contributed by atoms with E-state index >= 15 is 0 Å². The summed E-state index contributed by atoms with van der Waals surface area (Å²) in [4.78, 5) is 22.7. The fourth-order valence-corrected chi connectivity index (χ4v) is 4.85. The molecule has 2 aromatic rings. The van der Waals surface area contributed by atoms with Crippen LogP contribution in [-0.4, -0.2) is 66.1 Å². The number of hydrogen-bond donors (Lipinski definition) is 1. The summed E-state index contributed by atoms with van der Waals surface area (Å²) in [5.41, 5.74) is 1.36. The molecule has 2 saturated heterocycles. The third kappa shape index (κ3) is 6.19. The van der Waals surface area contributed by atoms with Gasteiger partial charge in [0.05, 0.1) is 6.20 Å². The second kappa shape index (κ2) is 10.9. The van der Waals surface area contributed by atoms with Crippen molar-refractivity contribution in [1.82, 2.24) is 20.1 Å². The number of nitrogens with zero attached hydrogens (tertiary/aromatic N) is 4. The van der Waals surface area contributed by atoms with Crippen molar-refractivity contribution < 1.29 is 13.6 Å². The van der Waals surface area contributed by atoms with Gasteiger partial charge in [0, 0.05) is 44.8 Å². The Morgan fingerprint density at radius 3 is 2.58 bits per heavy atom. The van der Waals surface area contributed by atoms with Crippen molar-refractivity contribution in [3.05, 3.63) is 59.8 Å². The molecule has 6 nitrogen and oxygen atoms in total. The summed E-state index contributed by atoms with van der Waals surface area (Å²) in [6.45, 7) is 7.21. The molecule has 2 aliphatic heterocycles. The molecule has 33 heavy (non-hydrogen) atoms. The molecule has 2 amide bonds. The topological polar surface area (TPSA) is 51.7 Å². The number of urea groups is 1. The number of piperazine rings is 1. The van der Waals surface area contributed by atoms with Gasteiger partial charge >= 0.3 is 6.03 Å². The minimum absolute atomic E-state index is 0.0730. The Morgan fingerprint density at radius 2 is 1.88 bits per heavy atom. The molecule has 0 unspecified atom stereocenters. The Hall–Kier alpha value is -2.74. The number of likely N-dealkylation sites (tertiary alicyclic amines) is 1. The van der Waals surface area contributed by atoms with Gasteiger partial charge in [-0.25, -0.2) is 18.6 Å². The molecule has 2 fully saturated rings. The summed E-state index contributed by atoms with van der Waals surface area (Å²) in [7, 11) is 0. The molecule has 2 aliphatic rings. The van der Waals surface area contributed by atoms with Gasteiger partial charge in [-0.05, 0) is 50.8 Å². The van der Waals surface area contributed by atoms with Crippen LogP contribution in [0.4, 0.5) is 19.4 Å². The highest BCUT2D eigenvalue weighted by Gasteiger charge is 2.29. The van der Waals surface area contributed by atoms with Crippen LogP contribution >= 0.6 is 0 Å². The monoisotopic (exact) mass is 457 g/mol. The van der Waals surface area contributed by atoms with E-state index in [9.17, 15) is 13.6 Å². The second-order valence-electron chi connectivity index (χ2n) is 9.17. The lowest BCUT2D eigenvalue weighted by Gasteiger charge is -2.40. The van der Waals surface area contributed by atoms with Crippen molar-refractivity contribution in [1.29, 1.82) is 0 Å². The maximum atomic E-state index is 14.1. The Morgan fingerprint density at radius 1 is 1.12 bits per heavy atom. The minimum Gasteiger partial charge on any atom is -0.350 e. The van der Waals surface area contributed by atoms with Crippen LogP contribution in [0.25, 0.3) is 0 Å². The summed E-state index contributed by atoms with van der Waals surface area (Å²) in [5.74, 6) is -0.583. The summed E-state index contributed by atoms with van der Waals surface area (Å²) in [6.07, 6.45) is 4.33. The molecule has 0 bridgehead atoms. The lowest BCUT2D eigenvalue weighted by atomic mass is 9.93. The predicted molar refractivity (Wildman–Crippen MR) is 125 cm³/mol. The number of aromatic nitrogens is 1. The van der Waals surface area contributed by atoms with Gasteiger partial charge in [-0.1, -0.05) is 30.3 Å². The molecule has 1 aromatic carbocycles. The number of carbonyl (C=O) groups is 1. The molecular weight excluding hydrogens is 424 g/mol. The van der Waals surface area contributed by atoms with Crippen molar-refractivity contribution in [2.45, 2.75) is 38.8 Å². The van der Waals surface area contributed by atoms with E-state index in [4.69, 9.17) is 0 Å². The zero-order chi connectivity index (χ0) is 23.2. The van der Waals surface area contributed by atoms with E-state index in [1.165, 1.54) is 5.56 Å². The van der Waals surface area contributed by atoms with Crippen LogP contribution in [0.3, 0.4) is 0 Å². The van der Waals surface area contributed by atoms with Gasteiger partial charge in [0.1, 0.15) is 5.82 Å². The summed E-state index contributed by atoms with van der Waals surface area (Å²) >= 11 is 0. The smallest absolute Gasteiger partial charge is 0.317 e. The van der Waals surface area contributed by atoms with E-state index in [1.54, 1.807) is 9.80 Å². The third-order valence-corrected chi connectivity index (χ3v) is 6.76. The van der Waals surface area contributed by atoms with Gasteiger partial charge in [-0.15, -0.1) is 0 Å². The van der Waals surface area contributed by atoms with Gasteiger partial charge in [-0.2, -0.15) is 0 Å². The summed E-state index contributed by atoms with van der Waals surface area (Å²) < 4.78 is 27.2. The normalized spacial score (nSPS) is 20.2. The highest BCUT2D eigenvalue weighted by molar-refractivity contribution is 5.75. The highest BCUT2D eigenvalue weighted by atomic mass is 19.1. The van der Waals surface area contributed by atoms with Crippen molar-refractivity contribution in [3.8, 4) is 0 Å². The van der Waals surface area contributed by atoms with Crippen molar-refractivity contribution >= 4 is 11.8 Å². The zero-order valence-electron chi connectivity index (χ0n) is 19.2. The first-order chi connectivity index (χ1) is 16.0. The van der Waals surface area contributed by atoms with E-state index in [0.29, 0.717) is 32.1 Å². The Kier molecular flexibility index (Phi) is 7.75. The van der Waals surface area contributed by atoms with Gasteiger partial charge in [0.25, 0.3) is 0 Å². The van der Waals surface area contributed by atoms with Gasteiger partial charge < -0.3 is 15.1 Å². The van der Waals surface area contributed by atoms with Crippen LogP contribution in [0.1, 0.15) is 31.7 Å². The Bertz CT molecular complexity index is 920. The number of pyridine rings is 1. The fourth-order valence-electron chi connectivity index (χ4n) is 4.85. The van der Waals surface area contributed by atoms with Crippen molar-refractivity contribution in [3.63, 3.8) is 0 Å². The summed E-state index contributed by atoms with van der Waals surface area (Å²) in [6, 6.07) is 11.3. The average molecular weight is 458 g/mol. The van der Waals surface area contributed by atoms with Gasteiger partial charge in [0.15, 0.2) is 11.6 Å². The van der Waals surface area contributed by atoms with Gasteiger partial charge in [0.2, 0.25) is 0 Å².